The number of thioether (sulfide) groups is 1. The van der Waals surface area contributed by atoms with Crippen LogP contribution >= 0.6 is 23.1 Å². The average Bonchev–Trinajstić information content (AvgIpc) is 3.23. The predicted octanol–water partition coefficient (Wildman–Crippen LogP) is 4.58. The molecule has 1 aromatic heterocycles. The first-order valence-electron chi connectivity index (χ1n) is 9.92. The fourth-order valence-corrected chi connectivity index (χ4v) is 5.45. The zero-order chi connectivity index (χ0) is 22.0. The molecule has 0 saturated carbocycles. The minimum Gasteiger partial charge on any atom is -0.352 e. The molecule has 0 saturated heterocycles. The number of hydrogen-bond acceptors (Lipinski definition) is 7. The van der Waals surface area contributed by atoms with Gasteiger partial charge < -0.3 is 10.6 Å². The summed E-state index contributed by atoms with van der Waals surface area (Å²) >= 11 is 2.63. The average molecular weight is 451 g/mol. The fourth-order valence-electron chi connectivity index (χ4n) is 4.05. The van der Waals surface area contributed by atoms with Gasteiger partial charge in [-0.3, -0.25) is 9.59 Å². The van der Waals surface area contributed by atoms with Gasteiger partial charge in [0.15, 0.2) is 10.9 Å². The summed E-state index contributed by atoms with van der Waals surface area (Å²) in [5, 5.41) is 19.1. The van der Waals surface area contributed by atoms with Crippen molar-refractivity contribution in [1.82, 2.24) is 10.3 Å². The van der Waals surface area contributed by atoms with Gasteiger partial charge in [0.25, 0.3) is 0 Å². The predicted molar refractivity (Wildman–Crippen MR) is 123 cm³/mol. The standard InChI is InChI=1S/C23H22N4O2S2/c1-23(2)10-16-20(17(28)11-23)19(14-6-4-3-5-7-14)15(12-24)21(26-16)31-13-18(29)27-22-25-8-9-30-22/h3-9,19,26H,10-11,13H2,1-2H3,(H,25,27,29). The molecular weight excluding hydrogens is 428 g/mol. The van der Waals surface area contributed by atoms with Gasteiger partial charge in [0, 0.05) is 29.3 Å². The Labute approximate surface area is 189 Å². The summed E-state index contributed by atoms with van der Waals surface area (Å²) in [4.78, 5) is 29.6. The number of carbonyl (C=O) groups is 2. The molecule has 2 aliphatic rings. The van der Waals surface area contributed by atoms with Crippen LogP contribution in [0.4, 0.5) is 5.13 Å². The molecule has 1 atom stereocenters. The second-order valence-corrected chi connectivity index (χ2v) is 10.2. The van der Waals surface area contributed by atoms with Crippen LogP contribution < -0.4 is 10.6 Å². The van der Waals surface area contributed by atoms with Crippen LogP contribution in [0.2, 0.25) is 0 Å². The molecule has 2 aromatic rings. The lowest BCUT2D eigenvalue weighted by atomic mass is 9.69. The minimum atomic E-state index is -0.421. The second-order valence-electron chi connectivity index (χ2n) is 8.33. The summed E-state index contributed by atoms with van der Waals surface area (Å²) in [7, 11) is 0. The van der Waals surface area contributed by atoms with Gasteiger partial charge in [0.2, 0.25) is 5.91 Å². The summed E-state index contributed by atoms with van der Waals surface area (Å²) in [6.07, 6.45) is 2.80. The molecule has 2 N–H and O–H groups in total. The number of hydrogen-bond donors (Lipinski definition) is 2. The fraction of sp³-hybridized carbons (Fsp3) is 0.304. The Hall–Kier alpha value is -2.89. The van der Waals surface area contributed by atoms with Gasteiger partial charge in [-0.2, -0.15) is 5.26 Å². The minimum absolute atomic E-state index is 0.0749. The monoisotopic (exact) mass is 450 g/mol. The summed E-state index contributed by atoms with van der Waals surface area (Å²) < 4.78 is 0. The van der Waals surface area contributed by atoms with Gasteiger partial charge in [-0.25, -0.2) is 4.98 Å². The number of dihydropyridines is 1. The number of allylic oxidation sites excluding steroid dienone is 3. The van der Waals surface area contributed by atoms with E-state index < -0.39 is 5.92 Å². The number of amides is 1. The van der Waals surface area contributed by atoms with Crippen molar-refractivity contribution >= 4 is 39.9 Å². The number of thiazole rings is 1. The molecule has 0 radical (unpaired) electrons. The van der Waals surface area contributed by atoms with Crippen LogP contribution in [0.25, 0.3) is 0 Å². The molecular formula is C23H22N4O2S2. The highest BCUT2D eigenvalue weighted by Gasteiger charge is 2.41. The van der Waals surface area contributed by atoms with E-state index in [1.807, 2.05) is 30.3 Å². The number of anilines is 1. The van der Waals surface area contributed by atoms with E-state index in [2.05, 4.69) is 35.5 Å². The normalized spacial score (nSPS) is 20.0. The van der Waals surface area contributed by atoms with Crippen molar-refractivity contribution in [3.8, 4) is 6.07 Å². The number of Topliss-reactive ketones (excluding diaryl/α,β-unsaturated/α-hetero) is 1. The van der Waals surface area contributed by atoms with Gasteiger partial charge in [0.05, 0.1) is 28.3 Å². The Morgan fingerprint density at radius 1 is 1.35 bits per heavy atom. The number of nitrogens with one attached hydrogen (secondary N) is 2. The largest absolute Gasteiger partial charge is 0.352 e. The maximum absolute atomic E-state index is 13.1. The third kappa shape index (κ3) is 4.58. The number of nitriles is 1. The highest BCUT2D eigenvalue weighted by atomic mass is 32.2. The van der Waals surface area contributed by atoms with Gasteiger partial charge in [-0.1, -0.05) is 55.9 Å². The zero-order valence-electron chi connectivity index (χ0n) is 17.3. The Morgan fingerprint density at radius 2 is 2.13 bits per heavy atom. The van der Waals surface area contributed by atoms with Crippen molar-refractivity contribution in [1.29, 1.82) is 5.26 Å². The van der Waals surface area contributed by atoms with E-state index in [9.17, 15) is 14.9 Å². The topological polar surface area (TPSA) is 94.9 Å². The first kappa shape index (κ1) is 21.3. The van der Waals surface area contributed by atoms with Crippen molar-refractivity contribution < 1.29 is 9.59 Å². The molecule has 4 rings (SSSR count). The van der Waals surface area contributed by atoms with E-state index in [0.29, 0.717) is 34.1 Å². The van der Waals surface area contributed by atoms with E-state index in [1.54, 1.807) is 11.6 Å². The van der Waals surface area contributed by atoms with Gasteiger partial charge in [-0.05, 0) is 17.4 Å². The lowest BCUT2D eigenvalue weighted by Gasteiger charge is -2.39. The van der Waals surface area contributed by atoms with Crippen molar-refractivity contribution in [2.45, 2.75) is 32.6 Å². The van der Waals surface area contributed by atoms with Gasteiger partial charge in [0.1, 0.15) is 0 Å². The van der Waals surface area contributed by atoms with Crippen molar-refractivity contribution in [2.75, 3.05) is 11.1 Å². The van der Waals surface area contributed by atoms with E-state index in [1.165, 1.54) is 23.1 Å². The summed E-state index contributed by atoms with van der Waals surface area (Å²) in [6, 6.07) is 12.0. The Kier molecular flexibility index (Phi) is 5.99. The molecule has 1 amide bonds. The number of nitrogens with zero attached hydrogens (tertiary/aromatic N) is 2. The van der Waals surface area contributed by atoms with E-state index in [-0.39, 0.29) is 22.9 Å². The van der Waals surface area contributed by atoms with Crippen LogP contribution in [-0.4, -0.2) is 22.4 Å². The van der Waals surface area contributed by atoms with E-state index in [4.69, 9.17) is 0 Å². The molecule has 0 spiro atoms. The van der Waals surface area contributed by atoms with Crippen molar-refractivity contribution in [3.05, 3.63) is 69.3 Å². The lowest BCUT2D eigenvalue weighted by molar-refractivity contribution is -0.118. The highest BCUT2D eigenvalue weighted by molar-refractivity contribution is 8.03. The van der Waals surface area contributed by atoms with E-state index >= 15 is 0 Å². The van der Waals surface area contributed by atoms with Crippen LogP contribution in [0.1, 0.15) is 38.2 Å². The molecule has 0 bridgehead atoms. The van der Waals surface area contributed by atoms with Gasteiger partial charge in [-0.15, -0.1) is 11.3 Å². The van der Waals surface area contributed by atoms with Crippen molar-refractivity contribution in [3.63, 3.8) is 0 Å². The molecule has 8 heteroatoms. The number of rotatable bonds is 5. The van der Waals surface area contributed by atoms with Crippen LogP contribution in [0.5, 0.6) is 0 Å². The van der Waals surface area contributed by atoms with Crippen LogP contribution in [0, 0.1) is 16.7 Å². The Balaban J connectivity index is 1.66. The van der Waals surface area contributed by atoms with Crippen LogP contribution in [0.15, 0.2) is 63.8 Å². The third-order valence-corrected chi connectivity index (χ3v) is 6.99. The lowest BCUT2D eigenvalue weighted by Crippen LogP contribution is -2.37. The number of ketones is 1. The van der Waals surface area contributed by atoms with Crippen molar-refractivity contribution in [2.24, 2.45) is 5.41 Å². The zero-order valence-corrected chi connectivity index (χ0v) is 18.9. The maximum atomic E-state index is 13.1. The molecule has 1 aromatic carbocycles. The van der Waals surface area contributed by atoms with Gasteiger partial charge >= 0.3 is 0 Å². The maximum Gasteiger partial charge on any atom is 0.236 e. The molecule has 31 heavy (non-hydrogen) atoms. The smallest absolute Gasteiger partial charge is 0.236 e. The molecule has 2 heterocycles. The number of carbonyl (C=O) groups excluding carboxylic acids is 2. The molecule has 158 valence electrons. The number of benzene rings is 1. The first-order chi connectivity index (χ1) is 14.9. The van der Waals surface area contributed by atoms with Crippen LogP contribution in [0.3, 0.4) is 0 Å². The summed E-state index contributed by atoms with van der Waals surface area (Å²) in [5.41, 5.74) is 2.76. The Morgan fingerprint density at radius 3 is 2.81 bits per heavy atom. The molecule has 1 aliphatic heterocycles. The molecule has 1 aliphatic carbocycles. The summed E-state index contributed by atoms with van der Waals surface area (Å²) in [5.74, 6) is -0.404. The highest BCUT2D eigenvalue weighted by Crippen LogP contribution is 2.47. The SMILES string of the molecule is CC1(C)CC(=O)C2=C(C1)NC(SCC(=O)Nc1nccs1)=C(C#N)C2c1ccccc1. The van der Waals surface area contributed by atoms with E-state index in [0.717, 1.165) is 11.3 Å². The van der Waals surface area contributed by atoms with Crippen LogP contribution in [-0.2, 0) is 9.59 Å². The summed E-state index contributed by atoms with van der Waals surface area (Å²) in [6.45, 7) is 4.15. The first-order valence-corrected chi connectivity index (χ1v) is 11.8. The second kappa shape index (κ2) is 8.69. The molecule has 1 unspecified atom stereocenters. The quantitative estimate of drug-likeness (QED) is 0.692. The third-order valence-electron chi connectivity index (χ3n) is 5.29. The molecule has 0 fully saturated rings. The number of aromatic nitrogens is 1. The molecule has 6 nitrogen and oxygen atoms in total. The Bertz CT molecular complexity index is 1110.